The highest BCUT2D eigenvalue weighted by Crippen LogP contribution is 2.49. The lowest BCUT2D eigenvalue weighted by atomic mass is 10.0. The molecule has 0 unspecified atom stereocenters. The number of nitrogens with zero attached hydrogens (tertiary/aromatic N) is 1. The van der Waals surface area contributed by atoms with Crippen LogP contribution in [0.1, 0.15) is 29.6 Å². The third-order valence-electron chi connectivity index (χ3n) is 4.04. The van der Waals surface area contributed by atoms with Crippen molar-refractivity contribution in [3.8, 4) is 11.8 Å². The Hall–Kier alpha value is -2.54. The summed E-state index contributed by atoms with van der Waals surface area (Å²) in [7, 11) is 0. The first kappa shape index (κ1) is 13.4. The lowest BCUT2D eigenvalue weighted by Gasteiger charge is -2.16. The summed E-state index contributed by atoms with van der Waals surface area (Å²) in [6.07, 6.45) is 2.39. The molecule has 0 radical (unpaired) electrons. The molecule has 0 bridgehead atoms. The van der Waals surface area contributed by atoms with E-state index < -0.39 is 5.97 Å². The lowest BCUT2D eigenvalue weighted by Crippen LogP contribution is -2.14. The van der Waals surface area contributed by atoms with Crippen LogP contribution >= 0.6 is 0 Å². The van der Waals surface area contributed by atoms with E-state index >= 15 is 0 Å². The number of aromatic carboxylic acids is 1. The van der Waals surface area contributed by atoms with Gasteiger partial charge in [0.15, 0.2) is 0 Å². The van der Waals surface area contributed by atoms with Crippen molar-refractivity contribution in [1.29, 1.82) is 5.26 Å². The van der Waals surface area contributed by atoms with Gasteiger partial charge in [0.25, 0.3) is 0 Å². The van der Waals surface area contributed by atoms with Crippen molar-refractivity contribution in [2.75, 3.05) is 6.61 Å². The van der Waals surface area contributed by atoms with Gasteiger partial charge in [0, 0.05) is 17.2 Å². The van der Waals surface area contributed by atoms with Gasteiger partial charge in [0.1, 0.15) is 11.3 Å². The van der Waals surface area contributed by atoms with Crippen LogP contribution in [-0.4, -0.2) is 17.7 Å². The summed E-state index contributed by atoms with van der Waals surface area (Å²) in [4.78, 5) is 11.4. The van der Waals surface area contributed by atoms with Crippen molar-refractivity contribution in [1.82, 2.24) is 0 Å². The Morgan fingerprint density at radius 2 is 2.05 bits per heavy atom. The number of nitriles is 1. The quantitative estimate of drug-likeness (QED) is 0.908. The molecule has 4 heteroatoms. The number of carboxylic acid groups (broad SMARTS) is 1. The van der Waals surface area contributed by atoms with Crippen LogP contribution in [0.25, 0.3) is 10.8 Å². The number of fused-ring (bicyclic) bond motifs is 1. The Bertz CT molecular complexity index is 741. The fourth-order valence-electron chi connectivity index (χ4n) is 2.51. The predicted molar refractivity (Wildman–Crippen MR) is 78.3 cm³/mol. The standard InChI is InChI=1S/C17H15NO3/c18-10-9-17(7-8-17)11-21-15-13-4-2-1-3-12(13)5-6-14(15)16(19)20/h1-6H,7-9,11H2,(H,19,20). The molecule has 0 saturated heterocycles. The van der Waals surface area contributed by atoms with Gasteiger partial charge < -0.3 is 9.84 Å². The zero-order chi connectivity index (χ0) is 14.9. The molecule has 0 spiro atoms. The molecular weight excluding hydrogens is 266 g/mol. The van der Waals surface area contributed by atoms with Gasteiger partial charge >= 0.3 is 5.97 Å². The summed E-state index contributed by atoms with van der Waals surface area (Å²) in [6, 6.07) is 13.1. The smallest absolute Gasteiger partial charge is 0.339 e. The summed E-state index contributed by atoms with van der Waals surface area (Å²) < 4.78 is 5.86. The third-order valence-corrected chi connectivity index (χ3v) is 4.04. The van der Waals surface area contributed by atoms with E-state index in [1.165, 1.54) is 0 Å². The van der Waals surface area contributed by atoms with Gasteiger partial charge in [-0.1, -0.05) is 30.3 Å². The molecular formula is C17H15NO3. The Morgan fingerprint density at radius 1 is 1.29 bits per heavy atom. The molecule has 4 nitrogen and oxygen atoms in total. The first-order valence-corrected chi connectivity index (χ1v) is 6.90. The monoisotopic (exact) mass is 281 g/mol. The second-order valence-electron chi connectivity index (χ2n) is 5.59. The highest BCUT2D eigenvalue weighted by molar-refractivity contribution is 6.00. The molecule has 2 aromatic rings. The lowest BCUT2D eigenvalue weighted by molar-refractivity contribution is 0.0691. The highest BCUT2D eigenvalue weighted by Gasteiger charge is 2.43. The fraction of sp³-hybridized carbons (Fsp3) is 0.294. The van der Waals surface area contributed by atoms with E-state index in [-0.39, 0.29) is 11.0 Å². The fourth-order valence-corrected chi connectivity index (χ4v) is 2.51. The molecule has 0 amide bonds. The molecule has 1 aliphatic rings. The van der Waals surface area contributed by atoms with Gasteiger partial charge in [0.05, 0.1) is 12.7 Å². The molecule has 1 aliphatic carbocycles. The summed E-state index contributed by atoms with van der Waals surface area (Å²) in [5.74, 6) is -0.592. The summed E-state index contributed by atoms with van der Waals surface area (Å²) >= 11 is 0. The number of hydrogen-bond acceptors (Lipinski definition) is 3. The first-order chi connectivity index (χ1) is 10.2. The van der Waals surface area contributed by atoms with Crippen LogP contribution in [0, 0.1) is 16.7 Å². The second kappa shape index (κ2) is 5.10. The molecule has 2 aromatic carbocycles. The number of carbonyl (C=O) groups is 1. The number of hydrogen-bond donors (Lipinski definition) is 1. The molecule has 0 aliphatic heterocycles. The molecule has 3 rings (SSSR count). The summed E-state index contributed by atoms with van der Waals surface area (Å²) in [6.45, 7) is 0.398. The molecule has 106 valence electrons. The van der Waals surface area contributed by atoms with Gasteiger partial charge in [-0.3, -0.25) is 0 Å². The van der Waals surface area contributed by atoms with E-state index in [2.05, 4.69) is 6.07 Å². The van der Waals surface area contributed by atoms with Crippen LogP contribution in [0.4, 0.5) is 0 Å². The second-order valence-corrected chi connectivity index (χ2v) is 5.59. The van der Waals surface area contributed by atoms with Crippen molar-refractivity contribution in [3.05, 3.63) is 42.0 Å². The minimum atomic E-state index is -0.999. The van der Waals surface area contributed by atoms with Crippen molar-refractivity contribution in [2.24, 2.45) is 5.41 Å². The Labute approximate surface area is 122 Å². The SMILES string of the molecule is N#CCC1(COc2c(C(=O)O)ccc3ccccc23)CC1. The average Bonchev–Trinajstić information content (AvgIpc) is 3.25. The van der Waals surface area contributed by atoms with Crippen LogP contribution in [-0.2, 0) is 0 Å². The maximum Gasteiger partial charge on any atom is 0.339 e. The van der Waals surface area contributed by atoms with E-state index in [0.717, 1.165) is 23.6 Å². The van der Waals surface area contributed by atoms with Crippen molar-refractivity contribution < 1.29 is 14.6 Å². The molecule has 1 saturated carbocycles. The van der Waals surface area contributed by atoms with Gasteiger partial charge in [-0.25, -0.2) is 4.79 Å². The van der Waals surface area contributed by atoms with E-state index in [1.807, 2.05) is 24.3 Å². The van der Waals surface area contributed by atoms with Gasteiger partial charge in [-0.2, -0.15) is 5.26 Å². The van der Waals surface area contributed by atoms with Crippen LogP contribution in [0.15, 0.2) is 36.4 Å². The summed E-state index contributed by atoms with van der Waals surface area (Å²) in [5.41, 5.74) is 0.0861. The van der Waals surface area contributed by atoms with Crippen molar-refractivity contribution >= 4 is 16.7 Å². The van der Waals surface area contributed by atoms with E-state index in [1.54, 1.807) is 12.1 Å². The number of rotatable bonds is 5. The molecule has 0 aromatic heterocycles. The molecule has 21 heavy (non-hydrogen) atoms. The normalized spacial score (nSPS) is 15.4. The van der Waals surface area contributed by atoms with Crippen molar-refractivity contribution in [3.63, 3.8) is 0 Å². The number of carboxylic acids is 1. The molecule has 1 fully saturated rings. The summed E-state index contributed by atoms with van der Waals surface area (Å²) in [5, 5.41) is 19.9. The molecule has 1 N–H and O–H groups in total. The maximum atomic E-state index is 11.4. The van der Waals surface area contributed by atoms with Crippen molar-refractivity contribution in [2.45, 2.75) is 19.3 Å². The average molecular weight is 281 g/mol. The van der Waals surface area contributed by atoms with Gasteiger partial charge in [-0.15, -0.1) is 0 Å². The third kappa shape index (κ3) is 2.55. The van der Waals surface area contributed by atoms with Gasteiger partial charge in [0.2, 0.25) is 0 Å². The first-order valence-electron chi connectivity index (χ1n) is 6.90. The van der Waals surface area contributed by atoms with E-state index in [4.69, 9.17) is 10.00 Å². The Balaban J connectivity index is 1.97. The zero-order valence-electron chi connectivity index (χ0n) is 11.5. The largest absolute Gasteiger partial charge is 0.491 e. The minimum absolute atomic E-state index is 0.0819. The van der Waals surface area contributed by atoms with Gasteiger partial charge in [-0.05, 0) is 24.3 Å². The Kier molecular flexibility index (Phi) is 3.26. The highest BCUT2D eigenvalue weighted by atomic mass is 16.5. The zero-order valence-corrected chi connectivity index (χ0v) is 11.5. The topological polar surface area (TPSA) is 70.3 Å². The minimum Gasteiger partial charge on any atom is -0.491 e. The molecule has 0 heterocycles. The maximum absolute atomic E-state index is 11.4. The van der Waals surface area contributed by atoms with E-state index in [9.17, 15) is 9.90 Å². The van der Waals surface area contributed by atoms with E-state index in [0.29, 0.717) is 18.8 Å². The predicted octanol–water partition coefficient (Wildman–Crippen LogP) is 3.61. The number of benzene rings is 2. The number of ether oxygens (including phenoxy) is 1. The van der Waals surface area contributed by atoms with Crippen LogP contribution in [0.3, 0.4) is 0 Å². The molecule has 0 atom stereocenters. The van der Waals surface area contributed by atoms with Crippen LogP contribution in [0.5, 0.6) is 5.75 Å². The van der Waals surface area contributed by atoms with Crippen LogP contribution in [0.2, 0.25) is 0 Å². The Morgan fingerprint density at radius 3 is 2.71 bits per heavy atom. The van der Waals surface area contributed by atoms with Crippen LogP contribution < -0.4 is 4.74 Å².